The van der Waals surface area contributed by atoms with E-state index in [1.807, 2.05) is 12.1 Å². The lowest BCUT2D eigenvalue weighted by Crippen LogP contribution is -2.45. The quantitative estimate of drug-likeness (QED) is 0.434. The van der Waals surface area contributed by atoms with E-state index in [2.05, 4.69) is 31.4 Å². The molecule has 0 unspecified atom stereocenters. The molecule has 3 rings (SSSR count). The smallest absolute Gasteiger partial charge is 0.255 e. The van der Waals surface area contributed by atoms with Gasteiger partial charge in [-0.2, -0.15) is 0 Å². The fourth-order valence-corrected chi connectivity index (χ4v) is 4.84. The number of carbonyl (C=O) groups is 2. The first-order valence-corrected chi connectivity index (χ1v) is 13.3. The number of hydrogen-bond donors (Lipinski definition) is 2. The van der Waals surface area contributed by atoms with Gasteiger partial charge in [0.25, 0.3) is 5.91 Å². The van der Waals surface area contributed by atoms with Crippen LogP contribution in [0.3, 0.4) is 0 Å². The fraction of sp³-hybridized carbons (Fsp3) is 0.259. The SMILES string of the molecule is C[C@@H](C(=O)Nc1cccc(NC(=O)c2ccc(C(C)(C)C)cc2)c1)N(c1ccc(F)c(F)c1)S(C)(=O)=O. The van der Waals surface area contributed by atoms with E-state index >= 15 is 0 Å². The van der Waals surface area contributed by atoms with Gasteiger partial charge in [-0.15, -0.1) is 0 Å². The minimum atomic E-state index is -4.02. The Kier molecular flexibility index (Phi) is 8.02. The summed E-state index contributed by atoms with van der Waals surface area (Å²) in [6.45, 7) is 7.56. The molecule has 2 amide bonds. The summed E-state index contributed by atoms with van der Waals surface area (Å²) in [6, 6.07) is 14.9. The molecule has 3 aromatic carbocycles. The van der Waals surface area contributed by atoms with Gasteiger partial charge in [-0.1, -0.05) is 39.0 Å². The van der Waals surface area contributed by atoms with Crippen molar-refractivity contribution in [2.45, 2.75) is 39.2 Å². The van der Waals surface area contributed by atoms with Crippen molar-refractivity contribution in [3.8, 4) is 0 Å². The number of carbonyl (C=O) groups excluding carboxylic acids is 2. The number of anilines is 3. The van der Waals surface area contributed by atoms with E-state index in [4.69, 9.17) is 0 Å². The van der Waals surface area contributed by atoms with Gasteiger partial charge >= 0.3 is 0 Å². The second-order valence-corrected chi connectivity index (χ2v) is 11.5. The van der Waals surface area contributed by atoms with Crippen LogP contribution in [0, 0.1) is 11.6 Å². The zero-order valence-corrected chi connectivity index (χ0v) is 22.0. The molecule has 0 saturated heterocycles. The number of nitrogens with one attached hydrogen (secondary N) is 2. The standard InChI is InChI=1S/C27H29F2N3O4S/c1-17(32(37(5,35)36)22-13-14-23(28)24(29)16-22)25(33)30-20-7-6-8-21(15-20)31-26(34)18-9-11-19(12-10-18)27(2,3)4/h6-17H,1-5H3,(H,30,33)(H,31,34)/t17-/m0/s1. The van der Waals surface area contributed by atoms with E-state index in [1.165, 1.54) is 13.0 Å². The molecule has 0 aliphatic rings. The van der Waals surface area contributed by atoms with Gasteiger partial charge in [-0.3, -0.25) is 13.9 Å². The van der Waals surface area contributed by atoms with Crippen LogP contribution < -0.4 is 14.9 Å². The van der Waals surface area contributed by atoms with Gasteiger partial charge in [-0.05, 0) is 60.4 Å². The molecule has 0 saturated carbocycles. The van der Waals surface area contributed by atoms with Crippen LogP contribution in [0.4, 0.5) is 25.8 Å². The van der Waals surface area contributed by atoms with E-state index in [-0.39, 0.29) is 17.0 Å². The molecule has 0 bridgehead atoms. The molecular weight excluding hydrogens is 500 g/mol. The first-order valence-electron chi connectivity index (χ1n) is 11.4. The summed E-state index contributed by atoms with van der Waals surface area (Å²) in [4.78, 5) is 25.6. The van der Waals surface area contributed by atoms with Crippen LogP contribution in [0.1, 0.15) is 43.6 Å². The number of benzene rings is 3. The molecule has 0 heterocycles. The largest absolute Gasteiger partial charge is 0.324 e. The van der Waals surface area contributed by atoms with Gasteiger partial charge in [0.1, 0.15) is 6.04 Å². The van der Waals surface area contributed by atoms with Crippen molar-refractivity contribution in [1.29, 1.82) is 0 Å². The number of rotatable bonds is 7. The maximum absolute atomic E-state index is 13.8. The predicted octanol–water partition coefficient (Wildman–Crippen LogP) is 5.31. The predicted molar refractivity (Wildman–Crippen MR) is 141 cm³/mol. The third-order valence-corrected chi connectivity index (χ3v) is 6.89. The third-order valence-electron chi connectivity index (χ3n) is 5.65. The van der Waals surface area contributed by atoms with Crippen molar-refractivity contribution in [3.63, 3.8) is 0 Å². The van der Waals surface area contributed by atoms with Gasteiger partial charge in [-0.25, -0.2) is 17.2 Å². The Bertz CT molecular complexity index is 1420. The summed E-state index contributed by atoms with van der Waals surface area (Å²) >= 11 is 0. The van der Waals surface area contributed by atoms with Crippen LogP contribution in [0.15, 0.2) is 66.7 Å². The van der Waals surface area contributed by atoms with Crippen LogP contribution in [0.2, 0.25) is 0 Å². The molecule has 0 spiro atoms. The summed E-state index contributed by atoms with van der Waals surface area (Å²) in [5.41, 5.74) is 2.03. The molecule has 3 aromatic rings. The number of nitrogens with zero attached hydrogens (tertiary/aromatic N) is 1. The highest BCUT2D eigenvalue weighted by Crippen LogP contribution is 2.25. The van der Waals surface area contributed by atoms with Crippen LogP contribution in [0.5, 0.6) is 0 Å². The summed E-state index contributed by atoms with van der Waals surface area (Å²) in [5.74, 6) is -3.43. The van der Waals surface area contributed by atoms with Gasteiger partial charge in [0.05, 0.1) is 11.9 Å². The topological polar surface area (TPSA) is 95.6 Å². The summed E-state index contributed by atoms with van der Waals surface area (Å²) in [7, 11) is -4.02. The van der Waals surface area contributed by atoms with Crippen molar-refractivity contribution >= 4 is 38.9 Å². The lowest BCUT2D eigenvalue weighted by atomic mass is 9.87. The molecule has 0 aliphatic carbocycles. The van der Waals surface area contributed by atoms with Gasteiger partial charge in [0.2, 0.25) is 15.9 Å². The molecule has 1 atom stereocenters. The molecule has 37 heavy (non-hydrogen) atoms. The molecule has 0 aliphatic heterocycles. The van der Waals surface area contributed by atoms with Gasteiger partial charge in [0.15, 0.2) is 11.6 Å². The lowest BCUT2D eigenvalue weighted by Gasteiger charge is -2.28. The maximum Gasteiger partial charge on any atom is 0.255 e. The highest BCUT2D eigenvalue weighted by molar-refractivity contribution is 7.92. The zero-order valence-electron chi connectivity index (χ0n) is 21.2. The number of amides is 2. The van der Waals surface area contributed by atoms with E-state index in [9.17, 15) is 26.8 Å². The second-order valence-electron chi connectivity index (χ2n) is 9.68. The molecule has 10 heteroatoms. The average molecular weight is 530 g/mol. The van der Waals surface area contributed by atoms with Crippen LogP contribution in [-0.2, 0) is 20.2 Å². The average Bonchev–Trinajstić information content (AvgIpc) is 2.80. The van der Waals surface area contributed by atoms with Crippen molar-refractivity contribution in [2.24, 2.45) is 0 Å². The minimum absolute atomic E-state index is 0.0454. The Balaban J connectivity index is 1.75. The number of hydrogen-bond acceptors (Lipinski definition) is 4. The van der Waals surface area contributed by atoms with E-state index in [0.29, 0.717) is 27.3 Å². The Morgan fingerprint density at radius 1 is 0.865 bits per heavy atom. The second kappa shape index (κ2) is 10.7. The summed E-state index contributed by atoms with van der Waals surface area (Å²) in [6.07, 6.45) is 0.863. The van der Waals surface area contributed by atoms with Crippen molar-refractivity contribution in [1.82, 2.24) is 0 Å². The molecule has 7 nitrogen and oxygen atoms in total. The van der Waals surface area contributed by atoms with Crippen molar-refractivity contribution in [3.05, 3.63) is 89.5 Å². The molecule has 0 radical (unpaired) electrons. The Morgan fingerprint density at radius 3 is 2.00 bits per heavy atom. The minimum Gasteiger partial charge on any atom is -0.324 e. The Labute approximate surface area is 215 Å². The Hall–Kier alpha value is -3.79. The van der Waals surface area contributed by atoms with E-state index in [0.717, 1.165) is 24.0 Å². The highest BCUT2D eigenvalue weighted by Gasteiger charge is 2.30. The lowest BCUT2D eigenvalue weighted by molar-refractivity contribution is -0.116. The normalized spacial score (nSPS) is 12.5. The van der Waals surface area contributed by atoms with Crippen LogP contribution in [0.25, 0.3) is 0 Å². The van der Waals surface area contributed by atoms with Gasteiger partial charge < -0.3 is 10.6 Å². The van der Waals surface area contributed by atoms with E-state index < -0.39 is 33.6 Å². The van der Waals surface area contributed by atoms with Crippen LogP contribution in [-0.4, -0.2) is 32.5 Å². The molecule has 2 N–H and O–H groups in total. The monoisotopic (exact) mass is 529 g/mol. The summed E-state index contributed by atoms with van der Waals surface area (Å²) in [5, 5.41) is 5.37. The van der Waals surface area contributed by atoms with Crippen molar-refractivity contribution in [2.75, 3.05) is 21.2 Å². The highest BCUT2D eigenvalue weighted by atomic mass is 32.2. The van der Waals surface area contributed by atoms with Crippen molar-refractivity contribution < 1.29 is 26.8 Å². The van der Waals surface area contributed by atoms with E-state index in [1.54, 1.807) is 30.3 Å². The maximum atomic E-state index is 13.8. The molecular formula is C27H29F2N3O4S. The number of sulfonamides is 1. The third kappa shape index (κ3) is 6.91. The first-order chi connectivity index (χ1) is 17.2. The molecule has 0 fully saturated rings. The first kappa shape index (κ1) is 27.8. The summed E-state index contributed by atoms with van der Waals surface area (Å²) < 4.78 is 52.6. The van der Waals surface area contributed by atoms with Gasteiger partial charge in [0, 0.05) is 23.0 Å². The molecule has 0 aromatic heterocycles. The molecule has 196 valence electrons. The van der Waals surface area contributed by atoms with Crippen LogP contribution >= 0.6 is 0 Å². The number of halogens is 2. The fourth-order valence-electron chi connectivity index (χ4n) is 3.68. The Morgan fingerprint density at radius 2 is 1.46 bits per heavy atom. The zero-order chi connectivity index (χ0) is 27.5.